The van der Waals surface area contributed by atoms with Crippen LogP contribution in [0.25, 0.3) is 0 Å². The first-order valence-corrected chi connectivity index (χ1v) is 9.10. The van der Waals surface area contributed by atoms with Gasteiger partial charge in [-0.2, -0.15) is 0 Å². The van der Waals surface area contributed by atoms with Crippen LogP contribution in [0.2, 0.25) is 0 Å². The molecule has 0 aliphatic heterocycles. The number of carboxylic acids is 1. The smallest absolute Gasteiger partial charge is 0.341 e. The number of anilines is 1. The van der Waals surface area contributed by atoms with Gasteiger partial charge in [0.15, 0.2) is 18.1 Å². The third-order valence-corrected chi connectivity index (χ3v) is 3.78. The molecule has 150 valence electrons. The SMILES string of the molecule is CCCOc1ccc(C(=O)Nc2ccc(OCC(=O)O)cc2C)cc1OCC. The zero-order chi connectivity index (χ0) is 20.5. The van der Waals surface area contributed by atoms with Gasteiger partial charge in [0.2, 0.25) is 0 Å². The van der Waals surface area contributed by atoms with Crippen molar-refractivity contribution in [1.29, 1.82) is 0 Å². The Kier molecular flexibility index (Phi) is 7.68. The first kappa shape index (κ1) is 21.1. The highest BCUT2D eigenvalue weighted by atomic mass is 16.5. The molecule has 0 fully saturated rings. The molecular weight excluding hydrogens is 362 g/mol. The molecule has 0 saturated heterocycles. The molecule has 0 aromatic heterocycles. The summed E-state index contributed by atoms with van der Waals surface area (Å²) in [4.78, 5) is 23.2. The van der Waals surface area contributed by atoms with Crippen molar-refractivity contribution >= 4 is 17.6 Å². The molecule has 0 saturated carbocycles. The maximum atomic E-state index is 12.6. The van der Waals surface area contributed by atoms with Gasteiger partial charge in [0.1, 0.15) is 5.75 Å². The van der Waals surface area contributed by atoms with Crippen molar-refractivity contribution in [3.63, 3.8) is 0 Å². The lowest BCUT2D eigenvalue weighted by Gasteiger charge is -2.14. The summed E-state index contributed by atoms with van der Waals surface area (Å²) in [5, 5.41) is 11.5. The first-order chi connectivity index (χ1) is 13.4. The van der Waals surface area contributed by atoms with Crippen molar-refractivity contribution in [1.82, 2.24) is 0 Å². The predicted octanol–water partition coefficient (Wildman–Crippen LogP) is 3.90. The minimum atomic E-state index is -1.05. The van der Waals surface area contributed by atoms with Crippen molar-refractivity contribution in [3.8, 4) is 17.2 Å². The molecule has 0 atom stereocenters. The number of hydrogen-bond donors (Lipinski definition) is 2. The maximum absolute atomic E-state index is 12.6. The van der Waals surface area contributed by atoms with Crippen LogP contribution in [0.15, 0.2) is 36.4 Å². The van der Waals surface area contributed by atoms with E-state index in [2.05, 4.69) is 5.32 Å². The van der Waals surface area contributed by atoms with E-state index < -0.39 is 12.6 Å². The highest BCUT2D eigenvalue weighted by molar-refractivity contribution is 6.05. The number of benzene rings is 2. The molecule has 2 rings (SSSR count). The molecule has 7 nitrogen and oxygen atoms in total. The Morgan fingerprint density at radius 2 is 1.79 bits per heavy atom. The van der Waals surface area contributed by atoms with Crippen LogP contribution in [-0.2, 0) is 4.79 Å². The largest absolute Gasteiger partial charge is 0.490 e. The molecule has 2 aromatic carbocycles. The predicted molar refractivity (Wildman–Crippen MR) is 106 cm³/mol. The van der Waals surface area contributed by atoms with E-state index in [1.54, 1.807) is 43.3 Å². The maximum Gasteiger partial charge on any atom is 0.341 e. The van der Waals surface area contributed by atoms with Crippen LogP contribution in [0.5, 0.6) is 17.2 Å². The molecule has 0 spiro atoms. The van der Waals surface area contributed by atoms with E-state index in [1.807, 2.05) is 13.8 Å². The number of amides is 1. The number of carbonyl (C=O) groups excluding carboxylic acids is 1. The summed E-state index contributed by atoms with van der Waals surface area (Å²) in [6.45, 7) is 6.30. The molecular formula is C21H25NO6. The highest BCUT2D eigenvalue weighted by Gasteiger charge is 2.13. The van der Waals surface area contributed by atoms with Gasteiger partial charge in [0.05, 0.1) is 13.2 Å². The standard InChI is InChI=1S/C21H25NO6/c1-4-10-27-18-9-6-15(12-19(18)26-5-2)21(25)22-17-8-7-16(11-14(17)3)28-13-20(23)24/h6-9,11-12H,4-5,10,13H2,1-3H3,(H,22,25)(H,23,24). The summed E-state index contributed by atoms with van der Waals surface area (Å²) in [5.74, 6) is 0.222. The molecule has 0 bridgehead atoms. The van der Waals surface area contributed by atoms with Gasteiger partial charge >= 0.3 is 5.97 Å². The molecule has 0 aliphatic carbocycles. The molecule has 2 aromatic rings. The van der Waals surface area contributed by atoms with Gasteiger partial charge in [-0.25, -0.2) is 4.79 Å². The zero-order valence-corrected chi connectivity index (χ0v) is 16.3. The van der Waals surface area contributed by atoms with Gasteiger partial charge in [-0.05, 0) is 62.2 Å². The van der Waals surface area contributed by atoms with E-state index in [0.717, 1.165) is 12.0 Å². The lowest BCUT2D eigenvalue weighted by Crippen LogP contribution is -2.14. The molecule has 0 aliphatic rings. The fraction of sp³-hybridized carbons (Fsp3) is 0.333. The molecule has 1 amide bonds. The van der Waals surface area contributed by atoms with Gasteiger partial charge in [-0.1, -0.05) is 6.92 Å². The Balaban J connectivity index is 2.13. The van der Waals surface area contributed by atoms with Crippen LogP contribution in [-0.4, -0.2) is 36.8 Å². The van der Waals surface area contributed by atoms with Gasteiger partial charge in [0.25, 0.3) is 5.91 Å². The monoisotopic (exact) mass is 387 g/mol. The molecule has 0 heterocycles. The number of aliphatic carboxylic acids is 1. The van der Waals surface area contributed by atoms with Crippen LogP contribution in [0.4, 0.5) is 5.69 Å². The normalized spacial score (nSPS) is 10.2. The van der Waals surface area contributed by atoms with Gasteiger partial charge < -0.3 is 24.6 Å². The van der Waals surface area contributed by atoms with E-state index in [4.69, 9.17) is 19.3 Å². The van der Waals surface area contributed by atoms with Crippen molar-refractivity contribution in [2.24, 2.45) is 0 Å². The highest BCUT2D eigenvalue weighted by Crippen LogP contribution is 2.29. The number of aryl methyl sites for hydroxylation is 1. The summed E-state index contributed by atoms with van der Waals surface area (Å²) in [7, 11) is 0. The Morgan fingerprint density at radius 1 is 1.00 bits per heavy atom. The Bertz CT molecular complexity index is 834. The van der Waals surface area contributed by atoms with E-state index in [0.29, 0.717) is 41.7 Å². The summed E-state index contributed by atoms with van der Waals surface area (Å²) < 4.78 is 16.4. The number of ether oxygens (including phenoxy) is 3. The molecule has 7 heteroatoms. The van der Waals surface area contributed by atoms with Gasteiger partial charge in [-0.15, -0.1) is 0 Å². The number of nitrogens with one attached hydrogen (secondary N) is 1. The van der Waals surface area contributed by atoms with Crippen molar-refractivity contribution in [2.75, 3.05) is 25.1 Å². The molecule has 0 unspecified atom stereocenters. The summed E-state index contributed by atoms with van der Waals surface area (Å²) in [5.41, 5.74) is 1.80. The lowest BCUT2D eigenvalue weighted by molar-refractivity contribution is -0.139. The van der Waals surface area contributed by atoms with Crippen LogP contribution in [0.3, 0.4) is 0 Å². The summed E-state index contributed by atoms with van der Waals surface area (Å²) in [6.07, 6.45) is 0.874. The number of hydrogen-bond acceptors (Lipinski definition) is 5. The van der Waals surface area contributed by atoms with E-state index >= 15 is 0 Å². The van der Waals surface area contributed by atoms with E-state index in [9.17, 15) is 9.59 Å². The summed E-state index contributed by atoms with van der Waals surface area (Å²) >= 11 is 0. The topological polar surface area (TPSA) is 94.1 Å². The average Bonchev–Trinajstić information content (AvgIpc) is 2.67. The number of rotatable bonds is 10. The minimum absolute atomic E-state index is 0.287. The second-order valence-corrected chi connectivity index (χ2v) is 6.06. The van der Waals surface area contributed by atoms with Crippen molar-refractivity contribution < 1.29 is 28.9 Å². The van der Waals surface area contributed by atoms with E-state index in [-0.39, 0.29) is 5.91 Å². The second-order valence-electron chi connectivity index (χ2n) is 6.06. The molecule has 0 radical (unpaired) electrons. The zero-order valence-electron chi connectivity index (χ0n) is 16.3. The third-order valence-electron chi connectivity index (χ3n) is 3.78. The Morgan fingerprint density at radius 3 is 2.43 bits per heavy atom. The van der Waals surface area contributed by atoms with Gasteiger partial charge in [0, 0.05) is 11.3 Å². The number of carbonyl (C=O) groups is 2. The van der Waals surface area contributed by atoms with Crippen LogP contribution >= 0.6 is 0 Å². The molecule has 2 N–H and O–H groups in total. The third kappa shape index (κ3) is 5.90. The fourth-order valence-electron chi connectivity index (χ4n) is 2.45. The average molecular weight is 387 g/mol. The Labute approximate surface area is 164 Å². The van der Waals surface area contributed by atoms with Crippen molar-refractivity contribution in [3.05, 3.63) is 47.5 Å². The minimum Gasteiger partial charge on any atom is -0.490 e. The van der Waals surface area contributed by atoms with E-state index in [1.165, 1.54) is 0 Å². The van der Waals surface area contributed by atoms with Crippen LogP contribution < -0.4 is 19.5 Å². The lowest BCUT2D eigenvalue weighted by atomic mass is 10.1. The van der Waals surface area contributed by atoms with Crippen LogP contribution in [0, 0.1) is 6.92 Å². The fourth-order valence-corrected chi connectivity index (χ4v) is 2.45. The Hall–Kier alpha value is -3.22. The van der Waals surface area contributed by atoms with Crippen LogP contribution in [0.1, 0.15) is 36.2 Å². The second kappa shape index (κ2) is 10.2. The first-order valence-electron chi connectivity index (χ1n) is 9.10. The number of carboxylic acid groups (broad SMARTS) is 1. The summed E-state index contributed by atoms with van der Waals surface area (Å²) in [6, 6.07) is 10.0. The van der Waals surface area contributed by atoms with Crippen molar-refractivity contribution in [2.45, 2.75) is 27.2 Å². The molecule has 28 heavy (non-hydrogen) atoms. The van der Waals surface area contributed by atoms with Gasteiger partial charge in [-0.3, -0.25) is 4.79 Å². The quantitative estimate of drug-likeness (QED) is 0.642.